The first-order valence-corrected chi connectivity index (χ1v) is 10.8. The monoisotopic (exact) mass is 448 g/mol. The van der Waals surface area contributed by atoms with Crippen molar-refractivity contribution in [1.82, 2.24) is 0 Å². The lowest BCUT2D eigenvalue weighted by Crippen LogP contribution is -2.19. The number of hydrogen-bond donors (Lipinski definition) is 0. The van der Waals surface area contributed by atoms with Crippen LogP contribution in [-0.2, 0) is 6.42 Å². The molecule has 1 aliphatic carbocycles. The van der Waals surface area contributed by atoms with Crippen molar-refractivity contribution in [2.45, 2.75) is 57.7 Å². The van der Waals surface area contributed by atoms with Crippen molar-refractivity contribution < 1.29 is 26.7 Å². The second kappa shape index (κ2) is 10.7. The number of allylic oxidation sites excluding steroid dienone is 2. The van der Waals surface area contributed by atoms with Gasteiger partial charge in [0.1, 0.15) is 0 Å². The summed E-state index contributed by atoms with van der Waals surface area (Å²) in [5.74, 6) is 1.83. The van der Waals surface area contributed by atoms with Crippen molar-refractivity contribution in [3.63, 3.8) is 0 Å². The van der Waals surface area contributed by atoms with E-state index in [-0.39, 0.29) is 5.56 Å². The van der Waals surface area contributed by atoms with E-state index in [1.807, 2.05) is 6.08 Å². The Labute approximate surface area is 185 Å². The molecule has 2 aromatic carbocycles. The van der Waals surface area contributed by atoms with Gasteiger partial charge >= 0.3 is 6.36 Å². The van der Waals surface area contributed by atoms with Crippen molar-refractivity contribution in [3.8, 4) is 17.6 Å². The normalized spacial score (nSPS) is 18.9. The Bertz CT molecular complexity index is 965. The van der Waals surface area contributed by atoms with Gasteiger partial charge in [0.2, 0.25) is 5.75 Å². The predicted molar refractivity (Wildman–Crippen MR) is 114 cm³/mol. The summed E-state index contributed by atoms with van der Waals surface area (Å²) in [4.78, 5) is 0. The van der Waals surface area contributed by atoms with Gasteiger partial charge < -0.3 is 4.74 Å². The van der Waals surface area contributed by atoms with E-state index in [0.717, 1.165) is 50.7 Å². The number of rotatable bonds is 5. The summed E-state index contributed by atoms with van der Waals surface area (Å²) in [5, 5.41) is 0. The molecule has 0 bridgehead atoms. The SMILES string of the molecule is CCCc1ccc([C@H]2CC[C@H](C=CC#Cc3cc(F)c(OC(F)(F)F)c(F)c3)CC2)cc1. The highest BCUT2D eigenvalue weighted by molar-refractivity contribution is 5.42. The van der Waals surface area contributed by atoms with Crippen LogP contribution in [0.25, 0.3) is 0 Å². The zero-order chi connectivity index (χ0) is 23.1. The van der Waals surface area contributed by atoms with E-state index in [0.29, 0.717) is 11.8 Å². The van der Waals surface area contributed by atoms with Crippen molar-refractivity contribution in [2.24, 2.45) is 5.92 Å². The number of benzene rings is 2. The molecule has 1 fully saturated rings. The Morgan fingerprint density at radius 3 is 2.19 bits per heavy atom. The molecule has 6 heteroatoms. The maximum absolute atomic E-state index is 13.7. The van der Waals surface area contributed by atoms with E-state index in [2.05, 4.69) is 47.8 Å². The summed E-state index contributed by atoms with van der Waals surface area (Å²) in [7, 11) is 0. The fourth-order valence-electron chi connectivity index (χ4n) is 4.04. The first kappa shape index (κ1) is 23.8. The third-order valence-corrected chi connectivity index (χ3v) is 5.65. The van der Waals surface area contributed by atoms with Crippen LogP contribution in [0, 0.1) is 29.4 Å². The van der Waals surface area contributed by atoms with Crippen LogP contribution in [0.15, 0.2) is 48.6 Å². The summed E-state index contributed by atoms with van der Waals surface area (Å²) < 4.78 is 67.4. The number of ether oxygens (including phenoxy) is 1. The molecule has 2 aromatic rings. The fraction of sp³-hybridized carbons (Fsp3) is 0.385. The molecule has 0 aliphatic heterocycles. The number of hydrogen-bond acceptors (Lipinski definition) is 1. The topological polar surface area (TPSA) is 9.23 Å². The summed E-state index contributed by atoms with van der Waals surface area (Å²) >= 11 is 0. The van der Waals surface area contributed by atoms with Gasteiger partial charge in [0.15, 0.2) is 11.6 Å². The highest BCUT2D eigenvalue weighted by Gasteiger charge is 2.34. The van der Waals surface area contributed by atoms with E-state index < -0.39 is 23.7 Å². The van der Waals surface area contributed by atoms with E-state index in [4.69, 9.17) is 0 Å². The lowest BCUT2D eigenvalue weighted by molar-refractivity contribution is -0.276. The molecule has 0 amide bonds. The first-order valence-electron chi connectivity index (χ1n) is 10.8. The summed E-state index contributed by atoms with van der Waals surface area (Å²) in [6.07, 6.45) is 4.94. The molecule has 1 aliphatic rings. The number of alkyl halides is 3. The van der Waals surface area contributed by atoms with Crippen LogP contribution in [0.3, 0.4) is 0 Å². The number of aryl methyl sites for hydroxylation is 1. The standard InChI is InChI=1S/C26H25F5O/c1-2-5-18-8-12-21(13-9-18)22-14-10-19(11-15-22)6-3-4-7-20-16-23(27)25(24(28)17-20)32-26(29,30)31/h3,6,8-9,12-13,16-17,19,22H,2,5,10-11,14-15H2,1H3/t19-,22-. The molecular formula is C26H25F5O. The highest BCUT2D eigenvalue weighted by atomic mass is 19.4. The maximum atomic E-state index is 13.7. The lowest BCUT2D eigenvalue weighted by atomic mass is 9.78. The Kier molecular flexibility index (Phi) is 7.95. The summed E-state index contributed by atoms with van der Waals surface area (Å²) in [6, 6.07) is 10.4. The maximum Gasteiger partial charge on any atom is 0.573 e. The molecule has 0 radical (unpaired) electrons. The molecule has 0 heterocycles. The van der Waals surface area contributed by atoms with E-state index in [9.17, 15) is 22.0 Å². The second-order valence-electron chi connectivity index (χ2n) is 8.05. The molecule has 0 atom stereocenters. The fourth-order valence-corrected chi connectivity index (χ4v) is 4.04. The molecular weight excluding hydrogens is 423 g/mol. The van der Waals surface area contributed by atoms with E-state index in [1.165, 1.54) is 11.1 Å². The molecule has 0 N–H and O–H groups in total. The van der Waals surface area contributed by atoms with Gasteiger partial charge in [0.25, 0.3) is 0 Å². The molecule has 1 nitrogen and oxygen atoms in total. The summed E-state index contributed by atoms with van der Waals surface area (Å²) in [5.41, 5.74) is 2.69. The van der Waals surface area contributed by atoms with Gasteiger partial charge in [-0.1, -0.05) is 55.5 Å². The van der Waals surface area contributed by atoms with Crippen molar-refractivity contribution >= 4 is 0 Å². The smallest absolute Gasteiger partial charge is 0.399 e. The minimum Gasteiger partial charge on any atom is -0.399 e. The van der Waals surface area contributed by atoms with Gasteiger partial charge in [-0.15, -0.1) is 13.2 Å². The average molecular weight is 448 g/mol. The Morgan fingerprint density at radius 2 is 1.62 bits per heavy atom. The minimum absolute atomic E-state index is 0.0607. The first-order chi connectivity index (χ1) is 15.2. The molecule has 1 saturated carbocycles. The highest BCUT2D eigenvalue weighted by Crippen LogP contribution is 2.36. The largest absolute Gasteiger partial charge is 0.573 e. The quantitative estimate of drug-likeness (QED) is 0.336. The number of halogens is 5. The van der Waals surface area contributed by atoms with E-state index >= 15 is 0 Å². The average Bonchev–Trinajstić information content (AvgIpc) is 2.74. The molecule has 32 heavy (non-hydrogen) atoms. The Morgan fingerprint density at radius 1 is 1.00 bits per heavy atom. The summed E-state index contributed by atoms with van der Waals surface area (Å²) in [6.45, 7) is 2.17. The van der Waals surface area contributed by atoms with Crippen LogP contribution in [0.5, 0.6) is 5.75 Å². The second-order valence-corrected chi connectivity index (χ2v) is 8.05. The van der Waals surface area contributed by atoms with Crippen LogP contribution in [-0.4, -0.2) is 6.36 Å². The van der Waals surface area contributed by atoms with Crippen LogP contribution < -0.4 is 4.74 Å². The van der Waals surface area contributed by atoms with E-state index in [1.54, 1.807) is 6.08 Å². The lowest BCUT2D eigenvalue weighted by Gasteiger charge is -2.27. The third kappa shape index (κ3) is 6.85. The predicted octanol–water partition coefficient (Wildman–Crippen LogP) is 7.70. The van der Waals surface area contributed by atoms with Crippen LogP contribution >= 0.6 is 0 Å². The molecule has 3 rings (SSSR count). The van der Waals surface area contributed by atoms with Gasteiger partial charge in [-0.2, -0.15) is 0 Å². The van der Waals surface area contributed by atoms with Crippen LogP contribution in [0.4, 0.5) is 22.0 Å². The third-order valence-electron chi connectivity index (χ3n) is 5.65. The van der Waals surface area contributed by atoms with Crippen LogP contribution in [0.1, 0.15) is 61.6 Å². The molecule has 170 valence electrons. The molecule has 0 spiro atoms. The molecule has 0 unspecified atom stereocenters. The zero-order valence-corrected chi connectivity index (χ0v) is 17.8. The zero-order valence-electron chi connectivity index (χ0n) is 17.8. The van der Waals surface area contributed by atoms with Crippen molar-refractivity contribution in [3.05, 3.63) is 76.9 Å². The van der Waals surface area contributed by atoms with Gasteiger partial charge in [0.05, 0.1) is 0 Å². The van der Waals surface area contributed by atoms with Gasteiger partial charge in [0, 0.05) is 5.56 Å². The Balaban J connectivity index is 1.53. The minimum atomic E-state index is -5.17. The molecule has 0 saturated heterocycles. The van der Waals surface area contributed by atoms with Crippen molar-refractivity contribution in [2.75, 3.05) is 0 Å². The van der Waals surface area contributed by atoms with Gasteiger partial charge in [-0.25, -0.2) is 8.78 Å². The molecule has 0 aromatic heterocycles. The Hall–Kier alpha value is -2.81. The van der Waals surface area contributed by atoms with Crippen LogP contribution in [0.2, 0.25) is 0 Å². The van der Waals surface area contributed by atoms with Gasteiger partial charge in [-0.3, -0.25) is 0 Å². The van der Waals surface area contributed by atoms with Crippen molar-refractivity contribution in [1.29, 1.82) is 0 Å². The van der Waals surface area contributed by atoms with Gasteiger partial charge in [-0.05, 0) is 73.3 Å².